The van der Waals surface area contributed by atoms with E-state index in [1.165, 1.54) is 10.6 Å². The molecular weight excluding hydrogens is 352 g/mol. The molecule has 28 heavy (non-hydrogen) atoms. The Balaban J connectivity index is 2.32. The quantitative estimate of drug-likeness (QED) is 0.569. The molecule has 2 aromatic heterocycles. The first kappa shape index (κ1) is 19.1. The van der Waals surface area contributed by atoms with E-state index in [1.54, 1.807) is 16.7 Å². The largest absolute Gasteiger partial charge is 0.333 e. The average molecular weight is 374 g/mol. The van der Waals surface area contributed by atoms with Crippen molar-refractivity contribution in [2.75, 3.05) is 0 Å². The van der Waals surface area contributed by atoms with Gasteiger partial charge in [0.1, 0.15) is 5.82 Å². The molecule has 0 aliphatic rings. The van der Waals surface area contributed by atoms with Crippen LogP contribution in [0.15, 0.2) is 77.9 Å². The fraction of sp³-hybridized carbons (Fsp3) is 0.136. The average Bonchev–Trinajstić information content (AvgIpc) is 3.06. The second-order valence-electron chi connectivity index (χ2n) is 6.17. The third kappa shape index (κ3) is 3.44. The van der Waals surface area contributed by atoms with Gasteiger partial charge < -0.3 is 4.57 Å². The molecule has 0 saturated heterocycles. The predicted molar refractivity (Wildman–Crippen MR) is 114 cm³/mol. The molecule has 0 spiro atoms. The molecule has 0 N–H and O–H groups in total. The van der Waals surface area contributed by atoms with Crippen LogP contribution in [0.2, 0.25) is 0 Å². The molecule has 142 valence electrons. The summed E-state index contributed by atoms with van der Waals surface area (Å²) in [6, 6.07) is 9.79. The predicted octanol–water partition coefficient (Wildman–Crippen LogP) is 3.09. The van der Waals surface area contributed by atoms with E-state index in [9.17, 15) is 9.59 Å². The lowest BCUT2D eigenvalue weighted by molar-refractivity contribution is 0.643. The molecule has 0 aliphatic heterocycles. The fourth-order valence-corrected chi connectivity index (χ4v) is 3.07. The second kappa shape index (κ2) is 8.35. The summed E-state index contributed by atoms with van der Waals surface area (Å²) in [6.07, 6.45) is 8.58. The van der Waals surface area contributed by atoms with Crippen LogP contribution in [-0.4, -0.2) is 18.7 Å². The van der Waals surface area contributed by atoms with Crippen molar-refractivity contribution in [3.8, 4) is 0 Å². The van der Waals surface area contributed by atoms with Crippen LogP contribution in [0.25, 0.3) is 23.3 Å². The fourth-order valence-electron chi connectivity index (χ4n) is 3.07. The van der Waals surface area contributed by atoms with E-state index in [0.29, 0.717) is 23.5 Å². The zero-order valence-electron chi connectivity index (χ0n) is 15.6. The van der Waals surface area contributed by atoms with Crippen molar-refractivity contribution in [1.29, 1.82) is 0 Å². The normalized spacial score (nSPS) is 11.1. The van der Waals surface area contributed by atoms with Crippen molar-refractivity contribution in [3.05, 3.63) is 101 Å². The molecule has 0 aliphatic carbocycles. The van der Waals surface area contributed by atoms with Gasteiger partial charge >= 0.3 is 5.69 Å². The summed E-state index contributed by atoms with van der Waals surface area (Å²) in [5.74, 6) is 0.574. The summed E-state index contributed by atoms with van der Waals surface area (Å²) in [5, 5.41) is 0. The van der Waals surface area contributed by atoms with Crippen LogP contribution in [0.5, 0.6) is 0 Å². The molecule has 0 atom stereocenters. The zero-order valence-corrected chi connectivity index (χ0v) is 15.6. The molecule has 3 rings (SSSR count). The molecule has 0 radical (unpaired) electrons. The summed E-state index contributed by atoms with van der Waals surface area (Å²) >= 11 is 0. The Morgan fingerprint density at radius 2 is 1.43 bits per heavy atom. The number of hydrogen-bond donors (Lipinski definition) is 0. The van der Waals surface area contributed by atoms with Gasteiger partial charge in [0.25, 0.3) is 5.56 Å². The number of nitrogens with zero attached hydrogens (tertiary/aromatic N) is 4. The van der Waals surface area contributed by atoms with Crippen LogP contribution in [0.1, 0.15) is 11.4 Å². The maximum Gasteiger partial charge on any atom is 0.333 e. The standard InChI is InChI=1S/C22H22N4O2/c1-4-14-24-18(13-12-17-10-8-7-9-11-17)23-20-19(24)21(27)26(16-6-3)22(28)25(20)15-5-2/h4-13H,1-3,14-16H2. The van der Waals surface area contributed by atoms with Gasteiger partial charge in [-0.3, -0.25) is 13.9 Å². The Hall–Kier alpha value is -3.67. The lowest BCUT2D eigenvalue weighted by Gasteiger charge is -2.09. The van der Waals surface area contributed by atoms with Gasteiger partial charge in [-0.1, -0.05) is 54.6 Å². The lowest BCUT2D eigenvalue weighted by Crippen LogP contribution is -2.40. The molecule has 6 nitrogen and oxygen atoms in total. The minimum atomic E-state index is -0.431. The van der Waals surface area contributed by atoms with E-state index in [0.717, 1.165) is 10.1 Å². The van der Waals surface area contributed by atoms with Crippen LogP contribution in [0.3, 0.4) is 0 Å². The highest BCUT2D eigenvalue weighted by atomic mass is 16.2. The van der Waals surface area contributed by atoms with E-state index < -0.39 is 11.2 Å². The van der Waals surface area contributed by atoms with E-state index in [4.69, 9.17) is 0 Å². The van der Waals surface area contributed by atoms with Gasteiger partial charge in [0.15, 0.2) is 11.2 Å². The van der Waals surface area contributed by atoms with Gasteiger partial charge in [0.05, 0.1) is 0 Å². The summed E-state index contributed by atoms with van der Waals surface area (Å²) in [5.41, 5.74) is 0.876. The van der Waals surface area contributed by atoms with Crippen LogP contribution in [-0.2, 0) is 19.6 Å². The molecule has 0 fully saturated rings. The highest BCUT2D eigenvalue weighted by Crippen LogP contribution is 2.15. The monoisotopic (exact) mass is 374 g/mol. The Morgan fingerprint density at radius 1 is 0.821 bits per heavy atom. The Labute approximate surface area is 162 Å². The smallest absolute Gasteiger partial charge is 0.315 e. The van der Waals surface area contributed by atoms with Gasteiger partial charge in [-0.05, 0) is 11.6 Å². The molecular formula is C22H22N4O2. The second-order valence-corrected chi connectivity index (χ2v) is 6.17. The van der Waals surface area contributed by atoms with Crippen LogP contribution >= 0.6 is 0 Å². The number of aromatic nitrogens is 4. The zero-order chi connectivity index (χ0) is 20.1. The maximum absolute atomic E-state index is 13.0. The van der Waals surface area contributed by atoms with E-state index in [1.807, 2.05) is 42.5 Å². The first-order chi connectivity index (χ1) is 13.6. The van der Waals surface area contributed by atoms with Crippen molar-refractivity contribution >= 4 is 23.3 Å². The van der Waals surface area contributed by atoms with Gasteiger partial charge in [-0.25, -0.2) is 9.78 Å². The summed E-state index contributed by atoms with van der Waals surface area (Å²) in [6.45, 7) is 11.9. The molecule has 1 aromatic carbocycles. The SMILES string of the molecule is C=CCn1c(=O)c2c(nc(C=Cc3ccccc3)n2CC=C)n(CC=C)c1=O. The topological polar surface area (TPSA) is 61.8 Å². The molecule has 0 unspecified atom stereocenters. The van der Waals surface area contributed by atoms with Gasteiger partial charge in [-0.15, -0.1) is 19.7 Å². The van der Waals surface area contributed by atoms with E-state index in [-0.39, 0.29) is 13.1 Å². The molecule has 0 bridgehead atoms. The first-order valence-corrected chi connectivity index (χ1v) is 8.92. The summed E-state index contributed by atoms with van der Waals surface area (Å²) in [4.78, 5) is 30.4. The molecule has 6 heteroatoms. The number of imidazole rings is 1. The summed E-state index contributed by atoms with van der Waals surface area (Å²) < 4.78 is 4.38. The Kier molecular flexibility index (Phi) is 5.69. The summed E-state index contributed by atoms with van der Waals surface area (Å²) in [7, 11) is 0. The number of rotatable bonds is 8. The third-order valence-corrected chi connectivity index (χ3v) is 4.30. The number of benzene rings is 1. The van der Waals surface area contributed by atoms with Crippen LogP contribution < -0.4 is 11.2 Å². The number of fused-ring (bicyclic) bond motifs is 1. The third-order valence-electron chi connectivity index (χ3n) is 4.30. The highest BCUT2D eigenvalue weighted by Gasteiger charge is 2.19. The molecule has 0 amide bonds. The van der Waals surface area contributed by atoms with E-state index in [2.05, 4.69) is 24.7 Å². The number of hydrogen-bond acceptors (Lipinski definition) is 3. The van der Waals surface area contributed by atoms with Crippen molar-refractivity contribution in [2.45, 2.75) is 19.6 Å². The van der Waals surface area contributed by atoms with Crippen molar-refractivity contribution in [2.24, 2.45) is 0 Å². The van der Waals surface area contributed by atoms with Crippen molar-refractivity contribution in [1.82, 2.24) is 18.7 Å². The molecule has 0 saturated carbocycles. The minimum Gasteiger partial charge on any atom is -0.315 e. The Morgan fingerprint density at radius 3 is 2.07 bits per heavy atom. The first-order valence-electron chi connectivity index (χ1n) is 8.92. The van der Waals surface area contributed by atoms with Crippen molar-refractivity contribution < 1.29 is 0 Å². The van der Waals surface area contributed by atoms with Gasteiger partial charge in [0, 0.05) is 19.6 Å². The minimum absolute atomic E-state index is 0.124. The Bertz CT molecular complexity index is 1180. The highest BCUT2D eigenvalue weighted by molar-refractivity contribution is 5.77. The van der Waals surface area contributed by atoms with E-state index >= 15 is 0 Å². The van der Waals surface area contributed by atoms with Crippen molar-refractivity contribution in [3.63, 3.8) is 0 Å². The molecule has 3 aromatic rings. The van der Waals surface area contributed by atoms with Crippen LogP contribution in [0, 0.1) is 0 Å². The maximum atomic E-state index is 13.0. The lowest BCUT2D eigenvalue weighted by atomic mass is 10.2. The molecule has 2 heterocycles. The van der Waals surface area contributed by atoms with Gasteiger partial charge in [0.2, 0.25) is 0 Å². The number of allylic oxidation sites excluding steroid dienone is 3. The van der Waals surface area contributed by atoms with Crippen LogP contribution in [0.4, 0.5) is 0 Å². The van der Waals surface area contributed by atoms with Gasteiger partial charge in [-0.2, -0.15) is 0 Å².